The minimum absolute atomic E-state index is 0.0221. The van der Waals surface area contributed by atoms with Gasteiger partial charge in [0.15, 0.2) is 11.5 Å². The number of aromatic nitrogens is 2. The van der Waals surface area contributed by atoms with E-state index in [2.05, 4.69) is 21.0 Å². The third-order valence-electron chi connectivity index (χ3n) is 5.38. The third-order valence-corrected chi connectivity index (χ3v) is 5.38. The first kappa shape index (κ1) is 26.5. The third kappa shape index (κ3) is 6.12. The second kappa shape index (κ2) is 10.7. The molecule has 0 saturated heterocycles. The van der Waals surface area contributed by atoms with Gasteiger partial charge >= 0.3 is 6.18 Å². The molecule has 36 heavy (non-hydrogen) atoms. The van der Waals surface area contributed by atoms with Crippen LogP contribution in [0.25, 0.3) is 11.3 Å². The van der Waals surface area contributed by atoms with Crippen molar-refractivity contribution in [3.05, 3.63) is 65.2 Å². The minimum atomic E-state index is -4.62. The molecule has 12 heteroatoms. The van der Waals surface area contributed by atoms with Crippen molar-refractivity contribution in [2.75, 3.05) is 7.05 Å². The molecular weight excluding hydrogens is 479 g/mol. The number of amides is 3. The van der Waals surface area contributed by atoms with E-state index in [-0.39, 0.29) is 29.8 Å². The molecule has 0 fully saturated rings. The van der Waals surface area contributed by atoms with Crippen molar-refractivity contribution in [2.24, 2.45) is 13.0 Å². The second-order valence-corrected chi connectivity index (χ2v) is 8.39. The average molecular weight is 505 g/mol. The topological polar surface area (TPSA) is 118 Å². The standard InChI is InChI=1S/C24H26F3N5O4/c1-13(2)20(23(35)28-3)30-22(34)18-9-8-17(36-18)15-7-5-6-14(10-15)12-29-21(33)16-11-19(24(25,26)27)32(4)31-16/h5-11,13,20H,12H2,1-4H3,(H,28,35)(H,29,33)(H,30,34). The maximum atomic E-state index is 12.9. The van der Waals surface area contributed by atoms with Gasteiger partial charge in [-0.05, 0) is 29.7 Å². The first-order valence-corrected chi connectivity index (χ1v) is 11.0. The molecule has 192 valence electrons. The maximum Gasteiger partial charge on any atom is 0.433 e. The van der Waals surface area contributed by atoms with Crippen molar-refractivity contribution >= 4 is 17.7 Å². The summed E-state index contributed by atoms with van der Waals surface area (Å²) in [6.45, 7) is 3.64. The Balaban J connectivity index is 1.68. The number of hydrogen-bond donors (Lipinski definition) is 3. The molecule has 0 bridgehead atoms. The number of alkyl halides is 3. The molecule has 3 aromatic rings. The van der Waals surface area contributed by atoms with Gasteiger partial charge in [0.25, 0.3) is 11.8 Å². The molecule has 0 radical (unpaired) electrons. The Hall–Kier alpha value is -4.09. The molecule has 3 rings (SSSR count). The Labute approximate surface area is 205 Å². The predicted molar refractivity (Wildman–Crippen MR) is 124 cm³/mol. The number of hydrogen-bond acceptors (Lipinski definition) is 5. The second-order valence-electron chi connectivity index (χ2n) is 8.39. The van der Waals surface area contributed by atoms with E-state index < -0.39 is 29.7 Å². The van der Waals surface area contributed by atoms with Gasteiger partial charge in [0, 0.05) is 32.3 Å². The van der Waals surface area contributed by atoms with Crippen LogP contribution in [0.4, 0.5) is 13.2 Å². The van der Waals surface area contributed by atoms with Crippen LogP contribution < -0.4 is 16.0 Å². The molecule has 1 unspecified atom stereocenters. The molecule has 1 aromatic carbocycles. The molecule has 0 spiro atoms. The molecular formula is C24H26F3N5O4. The molecule has 9 nitrogen and oxygen atoms in total. The van der Waals surface area contributed by atoms with Gasteiger partial charge in [-0.1, -0.05) is 32.0 Å². The van der Waals surface area contributed by atoms with E-state index in [0.29, 0.717) is 27.6 Å². The smallest absolute Gasteiger partial charge is 0.433 e. The number of rotatable bonds is 8. The zero-order valence-corrected chi connectivity index (χ0v) is 20.1. The van der Waals surface area contributed by atoms with Gasteiger partial charge in [-0.15, -0.1) is 0 Å². The normalized spacial score (nSPS) is 12.3. The van der Waals surface area contributed by atoms with E-state index in [4.69, 9.17) is 4.42 Å². The number of nitrogens with one attached hydrogen (secondary N) is 3. The van der Waals surface area contributed by atoms with Gasteiger partial charge in [0.1, 0.15) is 17.5 Å². The fraction of sp³-hybridized carbons (Fsp3) is 0.333. The van der Waals surface area contributed by atoms with E-state index in [1.165, 1.54) is 13.1 Å². The van der Waals surface area contributed by atoms with Gasteiger partial charge in [-0.3, -0.25) is 19.1 Å². The van der Waals surface area contributed by atoms with Crippen molar-refractivity contribution in [3.8, 4) is 11.3 Å². The molecule has 0 aliphatic rings. The van der Waals surface area contributed by atoms with Crippen LogP contribution in [0.15, 0.2) is 46.9 Å². The molecule has 0 aliphatic carbocycles. The van der Waals surface area contributed by atoms with Crippen molar-refractivity contribution < 1.29 is 32.0 Å². The summed E-state index contributed by atoms with van der Waals surface area (Å²) in [5.41, 5.74) is -0.110. The Morgan fingerprint density at radius 2 is 1.81 bits per heavy atom. The zero-order chi connectivity index (χ0) is 26.6. The van der Waals surface area contributed by atoms with Gasteiger partial charge in [0.05, 0.1) is 0 Å². The van der Waals surface area contributed by atoms with Crippen LogP contribution in [0.2, 0.25) is 0 Å². The Morgan fingerprint density at radius 3 is 2.42 bits per heavy atom. The van der Waals surface area contributed by atoms with Crippen LogP contribution in [0.5, 0.6) is 0 Å². The number of likely N-dealkylation sites (N-methyl/N-ethyl adjacent to an activating group) is 1. The van der Waals surface area contributed by atoms with Crippen LogP contribution in [0.3, 0.4) is 0 Å². The van der Waals surface area contributed by atoms with Crippen molar-refractivity contribution in [1.82, 2.24) is 25.7 Å². The average Bonchev–Trinajstić information content (AvgIpc) is 3.47. The zero-order valence-electron chi connectivity index (χ0n) is 20.1. The quantitative estimate of drug-likeness (QED) is 0.435. The van der Waals surface area contributed by atoms with E-state index in [1.807, 2.05) is 0 Å². The van der Waals surface area contributed by atoms with Gasteiger partial charge < -0.3 is 20.4 Å². The number of benzene rings is 1. The minimum Gasteiger partial charge on any atom is -0.451 e. The molecule has 2 aromatic heterocycles. The van der Waals surface area contributed by atoms with Crippen molar-refractivity contribution in [2.45, 2.75) is 32.6 Å². The summed E-state index contributed by atoms with van der Waals surface area (Å²) in [6.07, 6.45) is -4.62. The van der Waals surface area contributed by atoms with E-state index >= 15 is 0 Å². The van der Waals surface area contributed by atoms with E-state index in [1.54, 1.807) is 44.2 Å². The van der Waals surface area contributed by atoms with Crippen molar-refractivity contribution in [1.29, 1.82) is 0 Å². The van der Waals surface area contributed by atoms with Crippen LogP contribution in [-0.2, 0) is 24.6 Å². The number of furan rings is 1. The SMILES string of the molecule is CNC(=O)C(NC(=O)c1ccc(-c2cccc(CNC(=O)c3cc(C(F)(F)F)n(C)n3)c2)o1)C(C)C. The van der Waals surface area contributed by atoms with E-state index in [9.17, 15) is 27.6 Å². The van der Waals surface area contributed by atoms with Crippen LogP contribution in [0, 0.1) is 5.92 Å². The summed E-state index contributed by atoms with van der Waals surface area (Å²) in [6, 6.07) is 9.93. The summed E-state index contributed by atoms with van der Waals surface area (Å²) in [5.74, 6) is -1.34. The molecule has 3 amide bonds. The van der Waals surface area contributed by atoms with Crippen LogP contribution in [-0.4, -0.2) is 40.6 Å². The fourth-order valence-electron chi connectivity index (χ4n) is 3.47. The molecule has 0 aliphatic heterocycles. The Morgan fingerprint density at radius 1 is 1.08 bits per heavy atom. The number of nitrogens with zero attached hydrogens (tertiary/aromatic N) is 2. The number of halogens is 3. The van der Waals surface area contributed by atoms with E-state index in [0.717, 1.165) is 7.05 Å². The predicted octanol–water partition coefficient (Wildman–Crippen LogP) is 3.13. The van der Waals surface area contributed by atoms with Gasteiger partial charge in [0.2, 0.25) is 5.91 Å². The molecule has 0 saturated carbocycles. The van der Waals surface area contributed by atoms with Crippen molar-refractivity contribution in [3.63, 3.8) is 0 Å². The fourth-order valence-corrected chi connectivity index (χ4v) is 3.47. The van der Waals surface area contributed by atoms with Crippen LogP contribution >= 0.6 is 0 Å². The summed E-state index contributed by atoms with van der Waals surface area (Å²) < 4.78 is 45.1. The first-order chi connectivity index (χ1) is 16.9. The Kier molecular flexibility index (Phi) is 7.86. The highest BCUT2D eigenvalue weighted by Crippen LogP contribution is 2.29. The Bertz CT molecular complexity index is 1260. The largest absolute Gasteiger partial charge is 0.451 e. The number of aryl methyl sites for hydroxylation is 1. The lowest BCUT2D eigenvalue weighted by atomic mass is 10.0. The summed E-state index contributed by atoms with van der Waals surface area (Å²) in [4.78, 5) is 36.9. The highest BCUT2D eigenvalue weighted by molar-refractivity contribution is 5.96. The molecule has 2 heterocycles. The van der Waals surface area contributed by atoms with Crippen LogP contribution in [0.1, 0.15) is 46.1 Å². The van der Waals surface area contributed by atoms with Gasteiger partial charge in [-0.2, -0.15) is 18.3 Å². The summed E-state index contributed by atoms with van der Waals surface area (Å²) in [7, 11) is 2.60. The summed E-state index contributed by atoms with van der Waals surface area (Å²) >= 11 is 0. The first-order valence-electron chi connectivity index (χ1n) is 11.0. The maximum absolute atomic E-state index is 12.9. The lowest BCUT2D eigenvalue weighted by Crippen LogP contribution is -2.48. The summed E-state index contributed by atoms with van der Waals surface area (Å²) in [5, 5.41) is 11.3. The van der Waals surface area contributed by atoms with Gasteiger partial charge in [-0.25, -0.2) is 0 Å². The highest BCUT2D eigenvalue weighted by Gasteiger charge is 2.35. The molecule has 1 atom stereocenters. The highest BCUT2D eigenvalue weighted by atomic mass is 19.4. The number of carbonyl (C=O) groups is 3. The number of carbonyl (C=O) groups excluding carboxylic acids is 3. The monoisotopic (exact) mass is 505 g/mol. The lowest BCUT2D eigenvalue weighted by molar-refractivity contribution is -0.143. The molecule has 3 N–H and O–H groups in total. The lowest BCUT2D eigenvalue weighted by Gasteiger charge is -2.19.